The maximum Gasteiger partial charge on any atom is 0.308 e. The summed E-state index contributed by atoms with van der Waals surface area (Å²) in [6, 6.07) is 17.1. The smallest absolute Gasteiger partial charge is 0.308 e. The largest absolute Gasteiger partial charge is 0.492 e. The summed E-state index contributed by atoms with van der Waals surface area (Å²) in [5, 5.41) is 0. The van der Waals surface area contributed by atoms with Crippen LogP contribution in [0.5, 0.6) is 11.5 Å². The summed E-state index contributed by atoms with van der Waals surface area (Å²) in [6.45, 7) is 10.1. The minimum absolute atomic E-state index is 0.0818. The van der Waals surface area contributed by atoms with Gasteiger partial charge >= 0.3 is 12.0 Å². The molecule has 0 radical (unpaired) electrons. The zero-order valence-electron chi connectivity index (χ0n) is 28.6. The number of nitrogens with two attached hydrogens (primary N) is 1. The molecule has 13 nitrogen and oxygen atoms in total. The SMILES string of the molecule is CCOc1cc(CN2CCC(N3CCC(N(c4nc5ncccc5o4)c4nc5nc(N)ccc5o4)CC3)CC2)cc(OCC)c1-n1cccc1. The van der Waals surface area contributed by atoms with E-state index in [1.807, 2.05) is 55.4 Å². The van der Waals surface area contributed by atoms with Gasteiger partial charge in [-0.05, 0) is 107 Å². The Kier molecular flexibility index (Phi) is 8.98. The van der Waals surface area contributed by atoms with Gasteiger partial charge in [-0.15, -0.1) is 0 Å². The number of nitrogens with zero attached hydrogens (tertiary/aromatic N) is 8. The molecule has 0 unspecified atom stereocenters. The molecular formula is C37H43N9O4. The number of nitrogen functional groups attached to an aromatic ring is 1. The fourth-order valence-electron chi connectivity index (χ4n) is 7.39. The van der Waals surface area contributed by atoms with Gasteiger partial charge in [-0.2, -0.15) is 9.97 Å². The zero-order chi connectivity index (χ0) is 34.0. The third-order valence-corrected chi connectivity index (χ3v) is 9.74. The molecule has 5 aromatic heterocycles. The summed E-state index contributed by atoms with van der Waals surface area (Å²) < 4.78 is 26.7. The monoisotopic (exact) mass is 677 g/mol. The van der Waals surface area contributed by atoms with E-state index >= 15 is 0 Å². The first-order chi connectivity index (χ1) is 24.6. The molecule has 2 fully saturated rings. The molecule has 0 atom stereocenters. The van der Waals surface area contributed by atoms with E-state index in [-0.39, 0.29) is 6.04 Å². The van der Waals surface area contributed by atoms with Crippen LogP contribution in [0.25, 0.3) is 28.1 Å². The van der Waals surface area contributed by atoms with Gasteiger partial charge in [0.25, 0.3) is 0 Å². The van der Waals surface area contributed by atoms with Gasteiger partial charge < -0.3 is 33.5 Å². The minimum atomic E-state index is 0.0818. The van der Waals surface area contributed by atoms with E-state index in [9.17, 15) is 0 Å². The summed E-state index contributed by atoms with van der Waals surface area (Å²) >= 11 is 0. The number of piperidine rings is 2. The van der Waals surface area contributed by atoms with Crippen LogP contribution in [0.2, 0.25) is 0 Å². The number of benzene rings is 1. The van der Waals surface area contributed by atoms with E-state index in [1.165, 1.54) is 5.56 Å². The first kappa shape index (κ1) is 32.1. The molecule has 13 heteroatoms. The van der Waals surface area contributed by atoms with Crippen LogP contribution in [-0.4, -0.2) is 85.8 Å². The number of anilines is 3. The van der Waals surface area contributed by atoms with Crippen LogP contribution >= 0.6 is 0 Å². The number of rotatable bonds is 11. The molecule has 2 N–H and O–H groups in total. The Labute approximate surface area is 290 Å². The normalized spacial score (nSPS) is 16.8. The van der Waals surface area contributed by atoms with Crippen molar-refractivity contribution in [2.45, 2.75) is 58.2 Å². The third kappa shape index (κ3) is 6.46. The summed E-state index contributed by atoms with van der Waals surface area (Å²) in [5.74, 6) is 2.10. The van der Waals surface area contributed by atoms with Crippen molar-refractivity contribution in [3.05, 3.63) is 72.7 Å². The molecule has 0 saturated carbocycles. The maximum atomic E-state index is 6.20. The van der Waals surface area contributed by atoms with Crippen LogP contribution in [0.3, 0.4) is 0 Å². The summed E-state index contributed by atoms with van der Waals surface area (Å²) in [6.07, 6.45) is 9.85. The Bertz CT molecular complexity index is 1980. The first-order valence-corrected chi connectivity index (χ1v) is 17.6. The van der Waals surface area contributed by atoms with E-state index in [2.05, 4.69) is 36.5 Å². The summed E-state index contributed by atoms with van der Waals surface area (Å²) in [4.78, 5) is 25.4. The molecule has 0 amide bonds. The highest BCUT2D eigenvalue weighted by Gasteiger charge is 2.35. The minimum Gasteiger partial charge on any atom is -0.492 e. The third-order valence-electron chi connectivity index (χ3n) is 9.74. The summed E-state index contributed by atoms with van der Waals surface area (Å²) in [5.41, 5.74) is 10.3. The lowest BCUT2D eigenvalue weighted by Crippen LogP contribution is -2.50. The number of likely N-dealkylation sites (tertiary alicyclic amines) is 2. The molecule has 2 saturated heterocycles. The van der Waals surface area contributed by atoms with Crippen molar-refractivity contribution in [3.8, 4) is 17.2 Å². The number of pyridine rings is 2. The number of oxazole rings is 2. The second-order valence-corrected chi connectivity index (χ2v) is 12.9. The van der Waals surface area contributed by atoms with Gasteiger partial charge in [-0.3, -0.25) is 4.90 Å². The van der Waals surface area contributed by atoms with Crippen molar-refractivity contribution in [2.75, 3.05) is 50.0 Å². The van der Waals surface area contributed by atoms with Crippen molar-refractivity contribution in [1.82, 2.24) is 34.3 Å². The van der Waals surface area contributed by atoms with Crippen molar-refractivity contribution in [2.24, 2.45) is 0 Å². The first-order valence-electron chi connectivity index (χ1n) is 17.6. The predicted molar refractivity (Wildman–Crippen MR) is 191 cm³/mol. The van der Waals surface area contributed by atoms with Crippen molar-refractivity contribution in [1.29, 1.82) is 0 Å². The standard InChI is InChI=1S/C37H43N9O4/c1-3-47-30-22-25(23-31(48-4-2)33(30)45-16-5-6-17-45)24-43-18-11-26(12-19-43)44-20-13-27(14-21-44)46(36-41-34-28(49-36)8-7-15-39-34)37-42-35-29(50-37)9-10-32(38)40-35/h5-10,15-17,22-23,26-27H,3-4,11-14,18-21,24H2,1-2H3,(H2,38,40). The second-order valence-electron chi connectivity index (χ2n) is 12.9. The molecule has 0 spiro atoms. The Balaban J connectivity index is 0.936. The Hall–Kier alpha value is -5.14. The quantitative estimate of drug-likeness (QED) is 0.167. The Morgan fingerprint density at radius 1 is 0.800 bits per heavy atom. The molecule has 2 aliphatic heterocycles. The average Bonchev–Trinajstić information content (AvgIpc) is 3.90. The van der Waals surface area contributed by atoms with Gasteiger partial charge in [0.1, 0.15) is 23.0 Å². The van der Waals surface area contributed by atoms with Gasteiger partial charge in [0, 0.05) is 50.3 Å². The molecular weight excluding hydrogens is 634 g/mol. The molecule has 260 valence electrons. The van der Waals surface area contributed by atoms with Crippen molar-refractivity contribution >= 4 is 40.3 Å². The van der Waals surface area contributed by atoms with Crippen LogP contribution in [0, 0.1) is 0 Å². The average molecular weight is 678 g/mol. The van der Waals surface area contributed by atoms with Gasteiger partial charge in [0.15, 0.2) is 11.2 Å². The van der Waals surface area contributed by atoms with Crippen LogP contribution in [0.1, 0.15) is 45.1 Å². The molecule has 1 aromatic carbocycles. The van der Waals surface area contributed by atoms with Crippen LogP contribution < -0.4 is 20.1 Å². The highest BCUT2D eigenvalue weighted by atomic mass is 16.5. The Morgan fingerprint density at radius 2 is 1.46 bits per heavy atom. The predicted octanol–water partition coefficient (Wildman–Crippen LogP) is 6.20. The molecule has 2 aliphatic rings. The van der Waals surface area contributed by atoms with Crippen molar-refractivity contribution in [3.63, 3.8) is 0 Å². The van der Waals surface area contributed by atoms with Gasteiger partial charge in [-0.25, -0.2) is 14.9 Å². The summed E-state index contributed by atoms with van der Waals surface area (Å²) in [7, 11) is 0. The van der Waals surface area contributed by atoms with Gasteiger partial charge in [-0.1, -0.05) is 0 Å². The number of fused-ring (bicyclic) bond motifs is 2. The number of aromatic nitrogens is 5. The van der Waals surface area contributed by atoms with Crippen LogP contribution in [-0.2, 0) is 6.54 Å². The fraction of sp³-hybridized carbons (Fsp3) is 0.405. The maximum absolute atomic E-state index is 6.20. The fourth-order valence-corrected chi connectivity index (χ4v) is 7.39. The van der Waals surface area contributed by atoms with E-state index in [0.717, 1.165) is 75.6 Å². The van der Waals surface area contributed by atoms with Gasteiger partial charge in [0.05, 0.1) is 13.2 Å². The molecule has 0 bridgehead atoms. The van der Waals surface area contributed by atoms with E-state index in [0.29, 0.717) is 59.6 Å². The van der Waals surface area contributed by atoms with Crippen molar-refractivity contribution < 1.29 is 18.3 Å². The molecule has 6 aromatic rings. The number of hydrogen-bond acceptors (Lipinski definition) is 12. The number of hydrogen-bond donors (Lipinski definition) is 1. The lowest BCUT2D eigenvalue weighted by atomic mass is 9.97. The second kappa shape index (κ2) is 14.0. The highest BCUT2D eigenvalue weighted by molar-refractivity contribution is 5.74. The van der Waals surface area contributed by atoms with E-state index in [1.54, 1.807) is 18.3 Å². The highest BCUT2D eigenvalue weighted by Crippen LogP contribution is 2.37. The van der Waals surface area contributed by atoms with Crippen LogP contribution in [0.15, 0.2) is 76.0 Å². The molecule has 50 heavy (non-hydrogen) atoms. The molecule has 0 aliphatic carbocycles. The molecule has 8 rings (SSSR count). The van der Waals surface area contributed by atoms with Crippen LogP contribution in [0.4, 0.5) is 17.8 Å². The van der Waals surface area contributed by atoms with E-state index in [4.69, 9.17) is 34.0 Å². The number of ether oxygens (including phenoxy) is 2. The topological polar surface area (TPSA) is 137 Å². The lowest BCUT2D eigenvalue weighted by Gasteiger charge is -2.43. The van der Waals surface area contributed by atoms with E-state index < -0.39 is 0 Å². The van der Waals surface area contributed by atoms with Gasteiger partial charge in [0.2, 0.25) is 11.3 Å². The lowest BCUT2D eigenvalue weighted by molar-refractivity contribution is 0.0843. The molecule has 7 heterocycles. The zero-order valence-corrected chi connectivity index (χ0v) is 28.6. The Morgan fingerprint density at radius 3 is 2.12 bits per heavy atom.